The third-order valence-electron chi connectivity index (χ3n) is 4.44. The minimum Gasteiger partial charge on any atom is -0.456 e. The third kappa shape index (κ3) is 5.80. The van der Waals surface area contributed by atoms with Gasteiger partial charge in [0.15, 0.2) is 0 Å². The molecular formula is C19H28O3. The zero-order valence-electron chi connectivity index (χ0n) is 13.4. The number of benzene rings is 1. The molecule has 1 aliphatic carbocycles. The van der Waals surface area contributed by atoms with Gasteiger partial charge in [0, 0.05) is 0 Å². The van der Waals surface area contributed by atoms with Gasteiger partial charge in [-0.2, -0.15) is 0 Å². The molecule has 2 rings (SSSR count). The van der Waals surface area contributed by atoms with Gasteiger partial charge in [-0.25, -0.2) is 4.79 Å². The van der Waals surface area contributed by atoms with Crippen molar-refractivity contribution in [1.29, 1.82) is 0 Å². The molecule has 0 radical (unpaired) electrons. The van der Waals surface area contributed by atoms with Gasteiger partial charge >= 0.3 is 5.97 Å². The van der Waals surface area contributed by atoms with E-state index in [1.165, 1.54) is 25.7 Å². The van der Waals surface area contributed by atoms with Crippen LogP contribution in [0.3, 0.4) is 0 Å². The van der Waals surface area contributed by atoms with Gasteiger partial charge in [0.05, 0.1) is 11.7 Å². The highest BCUT2D eigenvalue weighted by atomic mass is 16.6. The fourth-order valence-electron chi connectivity index (χ4n) is 3.06. The van der Waals surface area contributed by atoms with Crippen molar-refractivity contribution < 1.29 is 14.6 Å². The molecule has 0 heterocycles. The van der Waals surface area contributed by atoms with Crippen LogP contribution in [0.1, 0.15) is 74.6 Å². The number of carbonyl (C=O) groups is 1. The first-order valence-electron chi connectivity index (χ1n) is 8.71. The minimum atomic E-state index is -0.535. The maximum absolute atomic E-state index is 12.2. The fraction of sp³-hybridized carbons (Fsp3) is 0.632. The second-order valence-electron chi connectivity index (χ2n) is 6.28. The molecule has 1 saturated carbocycles. The summed E-state index contributed by atoms with van der Waals surface area (Å²) < 4.78 is 5.60. The standard InChI is InChI=1S/C19H28O3/c20-17-14-10-5-3-1-2-4-6-11-15-18(17)22-19(21)16-12-8-7-9-13-16/h7-9,12-13,17-18,20H,1-6,10-11,14-15H2/t17-,18+/m0/s1. The molecule has 1 aliphatic rings. The first kappa shape index (κ1) is 17.0. The normalized spacial score (nSPS) is 24.8. The van der Waals surface area contributed by atoms with E-state index in [2.05, 4.69) is 0 Å². The van der Waals surface area contributed by atoms with Gasteiger partial charge < -0.3 is 9.84 Å². The molecule has 2 atom stereocenters. The number of esters is 1. The fourth-order valence-corrected chi connectivity index (χ4v) is 3.06. The smallest absolute Gasteiger partial charge is 0.338 e. The van der Waals surface area contributed by atoms with Crippen LogP contribution in [0.25, 0.3) is 0 Å². The summed E-state index contributed by atoms with van der Waals surface area (Å²) in [5.41, 5.74) is 0.556. The van der Waals surface area contributed by atoms with E-state index in [1.807, 2.05) is 18.2 Å². The van der Waals surface area contributed by atoms with E-state index in [4.69, 9.17) is 4.74 Å². The van der Waals surface area contributed by atoms with Crippen LogP contribution in [-0.2, 0) is 4.74 Å². The Morgan fingerprint density at radius 3 is 2.05 bits per heavy atom. The Hall–Kier alpha value is -1.35. The molecule has 0 unspecified atom stereocenters. The molecule has 0 spiro atoms. The van der Waals surface area contributed by atoms with E-state index < -0.39 is 6.10 Å². The summed E-state index contributed by atoms with van der Waals surface area (Å²) in [7, 11) is 0. The predicted octanol–water partition coefficient (Wildman–Crippen LogP) is 4.49. The number of hydrogen-bond donors (Lipinski definition) is 1. The topological polar surface area (TPSA) is 46.5 Å². The molecule has 3 heteroatoms. The van der Waals surface area contributed by atoms with Crippen LogP contribution >= 0.6 is 0 Å². The highest BCUT2D eigenvalue weighted by Gasteiger charge is 2.23. The van der Waals surface area contributed by atoms with Crippen LogP contribution in [0.4, 0.5) is 0 Å². The van der Waals surface area contributed by atoms with Gasteiger partial charge in [0.25, 0.3) is 0 Å². The van der Waals surface area contributed by atoms with Gasteiger partial charge in [-0.05, 0) is 31.4 Å². The van der Waals surface area contributed by atoms with E-state index in [-0.39, 0.29) is 12.1 Å². The quantitative estimate of drug-likeness (QED) is 0.819. The van der Waals surface area contributed by atoms with Crippen LogP contribution in [-0.4, -0.2) is 23.3 Å². The second-order valence-corrected chi connectivity index (χ2v) is 6.28. The van der Waals surface area contributed by atoms with Crippen molar-refractivity contribution in [3.05, 3.63) is 35.9 Å². The van der Waals surface area contributed by atoms with Gasteiger partial charge in [-0.1, -0.05) is 63.1 Å². The van der Waals surface area contributed by atoms with Crippen molar-refractivity contribution in [3.8, 4) is 0 Å². The Kier molecular flexibility index (Phi) is 7.44. The molecule has 0 amide bonds. The Morgan fingerprint density at radius 1 is 0.864 bits per heavy atom. The lowest BCUT2D eigenvalue weighted by Gasteiger charge is -2.24. The Labute approximate surface area is 133 Å². The van der Waals surface area contributed by atoms with Crippen molar-refractivity contribution in [2.24, 2.45) is 0 Å². The molecule has 1 fully saturated rings. The van der Waals surface area contributed by atoms with E-state index in [0.29, 0.717) is 5.56 Å². The molecule has 1 aromatic rings. The minimum absolute atomic E-state index is 0.322. The van der Waals surface area contributed by atoms with Crippen molar-refractivity contribution in [2.45, 2.75) is 76.4 Å². The lowest BCUT2D eigenvalue weighted by molar-refractivity contribution is -0.0259. The highest BCUT2D eigenvalue weighted by Crippen LogP contribution is 2.20. The van der Waals surface area contributed by atoms with Crippen LogP contribution < -0.4 is 0 Å². The van der Waals surface area contributed by atoms with Crippen molar-refractivity contribution in [2.75, 3.05) is 0 Å². The molecule has 1 N–H and O–H groups in total. The molecular weight excluding hydrogens is 276 g/mol. The molecule has 3 nitrogen and oxygen atoms in total. The first-order valence-corrected chi connectivity index (χ1v) is 8.71. The zero-order valence-corrected chi connectivity index (χ0v) is 13.4. The van der Waals surface area contributed by atoms with Gasteiger partial charge in [-0.15, -0.1) is 0 Å². The average molecular weight is 304 g/mol. The molecule has 1 aromatic carbocycles. The lowest BCUT2D eigenvalue weighted by Crippen LogP contribution is -2.31. The molecule has 0 saturated heterocycles. The van der Waals surface area contributed by atoms with Crippen LogP contribution in [0.2, 0.25) is 0 Å². The van der Waals surface area contributed by atoms with Crippen LogP contribution in [0.15, 0.2) is 30.3 Å². The maximum atomic E-state index is 12.2. The molecule has 22 heavy (non-hydrogen) atoms. The van der Waals surface area contributed by atoms with E-state index in [9.17, 15) is 9.90 Å². The van der Waals surface area contributed by atoms with Crippen LogP contribution in [0, 0.1) is 0 Å². The van der Waals surface area contributed by atoms with Gasteiger partial charge in [0.2, 0.25) is 0 Å². The van der Waals surface area contributed by atoms with Crippen LogP contribution in [0.5, 0.6) is 0 Å². The highest BCUT2D eigenvalue weighted by molar-refractivity contribution is 5.89. The molecule has 0 aliphatic heterocycles. The van der Waals surface area contributed by atoms with Crippen molar-refractivity contribution in [1.82, 2.24) is 0 Å². The Morgan fingerprint density at radius 2 is 1.41 bits per heavy atom. The number of ether oxygens (including phenoxy) is 1. The second kappa shape index (κ2) is 9.62. The summed E-state index contributed by atoms with van der Waals surface area (Å²) in [5.74, 6) is -0.322. The van der Waals surface area contributed by atoms with E-state index in [0.717, 1.165) is 38.5 Å². The van der Waals surface area contributed by atoms with Gasteiger partial charge in [0.1, 0.15) is 6.10 Å². The summed E-state index contributed by atoms with van der Waals surface area (Å²) in [4.78, 5) is 12.2. The van der Waals surface area contributed by atoms with Crippen molar-refractivity contribution >= 4 is 5.97 Å². The maximum Gasteiger partial charge on any atom is 0.338 e. The summed E-state index contributed by atoms with van der Waals surface area (Å²) >= 11 is 0. The average Bonchev–Trinajstić information content (AvgIpc) is 2.54. The zero-order chi connectivity index (χ0) is 15.6. The third-order valence-corrected chi connectivity index (χ3v) is 4.44. The molecule has 0 aromatic heterocycles. The number of carbonyl (C=O) groups excluding carboxylic acids is 1. The number of aliphatic hydroxyl groups excluding tert-OH is 1. The molecule has 122 valence electrons. The summed E-state index contributed by atoms with van der Waals surface area (Å²) in [6.45, 7) is 0. The molecule has 0 bridgehead atoms. The van der Waals surface area contributed by atoms with Crippen molar-refractivity contribution in [3.63, 3.8) is 0 Å². The van der Waals surface area contributed by atoms with E-state index in [1.54, 1.807) is 12.1 Å². The SMILES string of the molecule is O=C(O[C@@H]1CCCCCCCCCC[C@@H]1O)c1ccccc1. The number of hydrogen-bond acceptors (Lipinski definition) is 3. The predicted molar refractivity (Wildman–Crippen MR) is 87.8 cm³/mol. The Balaban J connectivity index is 1.92. The number of rotatable bonds is 2. The first-order chi connectivity index (χ1) is 10.8. The van der Waals surface area contributed by atoms with E-state index >= 15 is 0 Å². The summed E-state index contributed by atoms with van der Waals surface area (Å²) in [6.07, 6.45) is 10.1. The summed E-state index contributed by atoms with van der Waals surface area (Å²) in [5, 5.41) is 10.4. The lowest BCUT2D eigenvalue weighted by atomic mass is 9.97. The largest absolute Gasteiger partial charge is 0.456 e. The van der Waals surface area contributed by atoms with Gasteiger partial charge in [-0.3, -0.25) is 0 Å². The Bertz CT molecular complexity index is 430. The summed E-state index contributed by atoms with van der Waals surface area (Å²) in [6, 6.07) is 9.04. The monoisotopic (exact) mass is 304 g/mol. The number of aliphatic hydroxyl groups is 1.